The van der Waals surface area contributed by atoms with Crippen molar-refractivity contribution in [3.05, 3.63) is 52.7 Å². The minimum Gasteiger partial charge on any atom is -0.216 e. The normalized spacial score (nSPS) is 11.1. The van der Waals surface area contributed by atoms with Crippen LogP contribution < -0.4 is 0 Å². The van der Waals surface area contributed by atoms with Gasteiger partial charge in [0.1, 0.15) is 16.1 Å². The van der Waals surface area contributed by atoms with Crippen molar-refractivity contribution in [3.63, 3.8) is 0 Å². The van der Waals surface area contributed by atoms with Gasteiger partial charge in [-0.25, -0.2) is 13.9 Å². The average molecular weight is 282 g/mol. The number of hydrogen-bond donors (Lipinski definition) is 0. The van der Waals surface area contributed by atoms with E-state index in [1.54, 1.807) is 30.5 Å². The van der Waals surface area contributed by atoms with Crippen molar-refractivity contribution in [3.8, 4) is 11.1 Å². The van der Waals surface area contributed by atoms with E-state index in [9.17, 15) is 4.39 Å². The van der Waals surface area contributed by atoms with E-state index in [-0.39, 0.29) is 10.3 Å². The van der Waals surface area contributed by atoms with Gasteiger partial charge in [0.05, 0.1) is 11.8 Å². The fraction of sp³-hybridized carbons (Fsp3) is 0. The van der Waals surface area contributed by atoms with E-state index in [1.807, 2.05) is 0 Å². The van der Waals surface area contributed by atoms with E-state index < -0.39 is 5.82 Å². The average Bonchev–Trinajstić information content (AvgIpc) is 2.79. The minimum atomic E-state index is -0.408. The van der Waals surface area contributed by atoms with Crippen LogP contribution in [-0.2, 0) is 0 Å². The molecule has 3 rings (SSSR count). The summed E-state index contributed by atoms with van der Waals surface area (Å²) >= 11 is 12.3. The summed E-state index contributed by atoms with van der Waals surface area (Å²) in [6.07, 6.45) is 1.55. The Morgan fingerprint density at radius 2 is 1.89 bits per heavy atom. The Balaban J connectivity index is 2.39. The largest absolute Gasteiger partial charge is 0.216 e. The summed E-state index contributed by atoms with van der Waals surface area (Å²) in [7, 11) is 0. The fourth-order valence-corrected chi connectivity index (χ4v) is 2.41. The number of halogens is 3. The monoisotopic (exact) mass is 281 g/mol. The van der Waals surface area contributed by atoms with Gasteiger partial charge in [0.25, 0.3) is 0 Å². The van der Waals surface area contributed by atoms with Gasteiger partial charge in [0.15, 0.2) is 5.65 Å². The maximum Gasteiger partial charge on any atom is 0.158 e. The van der Waals surface area contributed by atoms with Crippen LogP contribution in [-0.4, -0.2) is 14.6 Å². The van der Waals surface area contributed by atoms with Gasteiger partial charge >= 0.3 is 0 Å². The first kappa shape index (κ1) is 11.4. The lowest BCUT2D eigenvalue weighted by Crippen LogP contribution is -1.98. The molecule has 90 valence electrons. The highest BCUT2D eigenvalue weighted by Crippen LogP contribution is 2.35. The summed E-state index contributed by atoms with van der Waals surface area (Å²) in [5.74, 6) is -0.408. The second-order valence-electron chi connectivity index (χ2n) is 3.65. The van der Waals surface area contributed by atoms with Gasteiger partial charge in [-0.05, 0) is 6.07 Å². The third-order valence-corrected chi connectivity index (χ3v) is 3.20. The number of aromatic nitrogens is 3. The molecule has 18 heavy (non-hydrogen) atoms. The van der Waals surface area contributed by atoms with Crippen LogP contribution in [0.4, 0.5) is 4.39 Å². The Labute approximate surface area is 112 Å². The standard InChI is InChI=1S/C12H6Cl2FN3/c13-11-10(7-3-1-2-4-8(7)15)12(14)18-9(17-11)5-6-16-18/h1-6H. The second-order valence-corrected chi connectivity index (χ2v) is 4.37. The molecule has 0 unspecified atom stereocenters. The van der Waals surface area contributed by atoms with Crippen molar-refractivity contribution in [2.24, 2.45) is 0 Å². The Bertz CT molecular complexity index is 739. The van der Waals surface area contributed by atoms with Crippen LogP contribution in [0.15, 0.2) is 36.5 Å². The van der Waals surface area contributed by atoms with Crippen LogP contribution in [0.2, 0.25) is 10.3 Å². The number of fused-ring (bicyclic) bond motifs is 1. The molecular weight excluding hydrogens is 276 g/mol. The number of benzene rings is 1. The second kappa shape index (κ2) is 4.23. The van der Waals surface area contributed by atoms with E-state index in [0.29, 0.717) is 16.8 Å². The molecule has 3 aromatic rings. The zero-order valence-corrected chi connectivity index (χ0v) is 10.5. The molecule has 0 atom stereocenters. The van der Waals surface area contributed by atoms with Crippen molar-refractivity contribution in [1.82, 2.24) is 14.6 Å². The molecule has 3 nitrogen and oxygen atoms in total. The van der Waals surface area contributed by atoms with Crippen LogP contribution in [0.25, 0.3) is 16.8 Å². The molecule has 0 saturated heterocycles. The van der Waals surface area contributed by atoms with Gasteiger partial charge < -0.3 is 0 Å². The summed E-state index contributed by atoms with van der Waals surface area (Å²) in [6, 6.07) is 7.91. The molecule has 0 fully saturated rings. The first-order valence-corrected chi connectivity index (χ1v) is 5.87. The van der Waals surface area contributed by atoms with Gasteiger partial charge in [0, 0.05) is 11.6 Å². The summed E-state index contributed by atoms with van der Waals surface area (Å²) < 4.78 is 15.2. The SMILES string of the molecule is Fc1ccccc1-c1c(Cl)nc2ccnn2c1Cl. The van der Waals surface area contributed by atoms with E-state index in [2.05, 4.69) is 10.1 Å². The molecule has 0 aliphatic heterocycles. The van der Waals surface area contributed by atoms with Crippen LogP contribution >= 0.6 is 23.2 Å². The smallest absolute Gasteiger partial charge is 0.158 e. The van der Waals surface area contributed by atoms with Crippen molar-refractivity contribution in [2.45, 2.75) is 0 Å². The van der Waals surface area contributed by atoms with Crippen molar-refractivity contribution >= 4 is 28.8 Å². The summed E-state index contributed by atoms with van der Waals surface area (Å²) in [5, 5.41) is 4.40. The molecule has 2 aromatic heterocycles. The summed E-state index contributed by atoms with van der Waals surface area (Å²) in [5.41, 5.74) is 1.16. The molecule has 0 aliphatic carbocycles. The predicted octanol–water partition coefficient (Wildman–Crippen LogP) is 3.84. The number of nitrogens with zero attached hydrogens (tertiary/aromatic N) is 3. The van der Waals surface area contributed by atoms with Crippen LogP contribution in [0.5, 0.6) is 0 Å². The molecule has 0 radical (unpaired) electrons. The molecule has 2 heterocycles. The highest BCUT2D eigenvalue weighted by atomic mass is 35.5. The third kappa shape index (κ3) is 1.65. The zero-order chi connectivity index (χ0) is 12.7. The maximum absolute atomic E-state index is 13.8. The van der Waals surface area contributed by atoms with Gasteiger partial charge in [0.2, 0.25) is 0 Å². The number of hydrogen-bond acceptors (Lipinski definition) is 2. The third-order valence-electron chi connectivity index (χ3n) is 2.58. The maximum atomic E-state index is 13.8. The zero-order valence-electron chi connectivity index (χ0n) is 8.94. The Hall–Kier alpha value is -1.65. The van der Waals surface area contributed by atoms with Crippen molar-refractivity contribution in [2.75, 3.05) is 0 Å². The first-order valence-electron chi connectivity index (χ1n) is 5.12. The van der Waals surface area contributed by atoms with Crippen molar-refractivity contribution < 1.29 is 4.39 Å². The lowest BCUT2D eigenvalue weighted by Gasteiger charge is -2.08. The molecule has 1 aromatic carbocycles. The van der Waals surface area contributed by atoms with Gasteiger partial charge in [-0.3, -0.25) is 0 Å². The van der Waals surface area contributed by atoms with Crippen LogP contribution in [0, 0.1) is 5.82 Å². The molecule has 0 amide bonds. The van der Waals surface area contributed by atoms with Crippen molar-refractivity contribution in [1.29, 1.82) is 0 Å². The predicted molar refractivity (Wildman–Crippen MR) is 68.4 cm³/mol. The Morgan fingerprint density at radius 1 is 1.11 bits per heavy atom. The summed E-state index contributed by atoms with van der Waals surface area (Å²) in [6.45, 7) is 0. The Morgan fingerprint density at radius 3 is 2.67 bits per heavy atom. The van der Waals surface area contributed by atoms with Gasteiger partial charge in [-0.2, -0.15) is 5.10 Å². The highest BCUT2D eigenvalue weighted by Gasteiger charge is 2.17. The molecule has 0 aliphatic rings. The van der Waals surface area contributed by atoms with E-state index >= 15 is 0 Å². The fourth-order valence-electron chi connectivity index (χ4n) is 1.77. The van der Waals surface area contributed by atoms with Crippen LogP contribution in [0.3, 0.4) is 0 Å². The van der Waals surface area contributed by atoms with E-state index in [1.165, 1.54) is 10.6 Å². The minimum absolute atomic E-state index is 0.151. The van der Waals surface area contributed by atoms with E-state index in [0.717, 1.165) is 0 Å². The van der Waals surface area contributed by atoms with Gasteiger partial charge in [-0.15, -0.1) is 0 Å². The topological polar surface area (TPSA) is 30.2 Å². The molecule has 0 bridgehead atoms. The lowest BCUT2D eigenvalue weighted by molar-refractivity contribution is 0.631. The summed E-state index contributed by atoms with van der Waals surface area (Å²) in [4.78, 5) is 4.13. The lowest BCUT2D eigenvalue weighted by atomic mass is 10.1. The first-order chi connectivity index (χ1) is 8.68. The molecule has 0 N–H and O–H groups in total. The van der Waals surface area contributed by atoms with Crippen LogP contribution in [0.1, 0.15) is 0 Å². The Kier molecular flexibility index (Phi) is 2.69. The molecule has 6 heteroatoms. The van der Waals surface area contributed by atoms with Gasteiger partial charge in [-0.1, -0.05) is 41.4 Å². The van der Waals surface area contributed by atoms with E-state index in [4.69, 9.17) is 23.2 Å². The quantitative estimate of drug-likeness (QED) is 0.635. The molecule has 0 saturated carbocycles. The molecular formula is C12H6Cl2FN3. The highest BCUT2D eigenvalue weighted by molar-refractivity contribution is 6.38. The number of rotatable bonds is 1. The molecule has 0 spiro atoms.